The third-order valence-electron chi connectivity index (χ3n) is 1.29. The summed E-state index contributed by atoms with van der Waals surface area (Å²) in [6.45, 7) is 0. The normalized spacial score (nSPS) is 23.9. The number of aliphatic hydroxyl groups is 2. The highest BCUT2D eigenvalue weighted by atomic mass is 35.5. The molecule has 5 heteroatoms. The van der Waals surface area contributed by atoms with Gasteiger partial charge in [-0.3, -0.25) is 4.79 Å². The summed E-state index contributed by atoms with van der Waals surface area (Å²) in [5.74, 6) is -1.30. The van der Waals surface area contributed by atoms with Crippen LogP contribution >= 0.6 is 11.6 Å². The average molecular weight is 176 g/mol. The van der Waals surface area contributed by atoms with Crippen LogP contribution in [0.4, 0.5) is 0 Å². The Morgan fingerprint density at radius 2 is 2.36 bits per heavy atom. The maximum Gasteiger partial charge on any atom is 0.229 e. The number of hydrogen-bond acceptors (Lipinski definition) is 3. The molecule has 0 fully saturated rings. The first-order valence-electron chi connectivity index (χ1n) is 2.96. The zero-order chi connectivity index (χ0) is 8.43. The Morgan fingerprint density at radius 3 is 2.82 bits per heavy atom. The molecule has 0 bridgehead atoms. The number of nitrogens with zero attached hydrogens (tertiary/aromatic N) is 1. The van der Waals surface area contributed by atoms with Gasteiger partial charge in [-0.05, 0) is 17.7 Å². The molecule has 0 saturated carbocycles. The molecule has 1 rings (SSSR count). The largest absolute Gasteiger partial charge is 0.496 e. The van der Waals surface area contributed by atoms with Gasteiger partial charge in [-0.1, -0.05) is 0 Å². The van der Waals surface area contributed by atoms with E-state index in [1.807, 2.05) is 0 Å². The molecular formula is C6H6ClNO3. The molecule has 1 heterocycles. The van der Waals surface area contributed by atoms with Gasteiger partial charge in [0.2, 0.25) is 11.1 Å². The summed E-state index contributed by atoms with van der Waals surface area (Å²) in [6, 6.07) is 0. The first-order valence-corrected chi connectivity index (χ1v) is 3.34. The highest BCUT2D eigenvalue weighted by Gasteiger charge is 2.21. The number of aliphatic hydroxyl groups excluding tert-OH is 2. The molecule has 0 aromatic rings. The fraction of sp³-hybridized carbons (Fsp3) is 0.333. The smallest absolute Gasteiger partial charge is 0.229 e. The average Bonchev–Trinajstić information content (AvgIpc) is 1.85. The quantitative estimate of drug-likeness (QED) is 0.587. The number of halogens is 1. The molecule has 1 aliphatic rings. The van der Waals surface area contributed by atoms with Crippen LogP contribution in [0.3, 0.4) is 0 Å². The van der Waals surface area contributed by atoms with Crippen LogP contribution in [0.25, 0.3) is 0 Å². The molecule has 1 atom stereocenters. The molecule has 60 valence electrons. The van der Waals surface area contributed by atoms with Crippen molar-refractivity contribution in [3.05, 3.63) is 12.0 Å². The number of allylic oxidation sites excluding steroid dienone is 1. The van der Waals surface area contributed by atoms with Crippen LogP contribution in [-0.2, 0) is 4.79 Å². The van der Waals surface area contributed by atoms with Crippen LogP contribution in [0.5, 0.6) is 0 Å². The maximum absolute atomic E-state index is 10.5. The van der Waals surface area contributed by atoms with E-state index >= 15 is 0 Å². The number of carbonyl (C=O) groups is 1. The van der Waals surface area contributed by atoms with Crippen molar-refractivity contribution in [3.63, 3.8) is 0 Å². The third-order valence-corrected chi connectivity index (χ3v) is 1.57. The Morgan fingerprint density at radius 1 is 1.73 bits per heavy atom. The van der Waals surface area contributed by atoms with Crippen LogP contribution in [-0.4, -0.2) is 21.4 Å². The maximum atomic E-state index is 10.5. The third kappa shape index (κ3) is 1.94. The van der Waals surface area contributed by atoms with Crippen molar-refractivity contribution in [3.8, 4) is 0 Å². The molecule has 0 spiro atoms. The van der Waals surface area contributed by atoms with Gasteiger partial charge in [0.1, 0.15) is 0 Å². The fourth-order valence-electron chi connectivity index (χ4n) is 0.796. The lowest BCUT2D eigenvalue weighted by atomic mass is 10.1. The van der Waals surface area contributed by atoms with Crippen molar-refractivity contribution in [1.82, 2.24) is 0 Å². The van der Waals surface area contributed by atoms with Gasteiger partial charge in [0.15, 0.2) is 5.90 Å². The Bertz CT molecular complexity index is 246. The van der Waals surface area contributed by atoms with Gasteiger partial charge >= 0.3 is 0 Å². The van der Waals surface area contributed by atoms with Gasteiger partial charge in [-0.25, -0.2) is 0 Å². The molecule has 4 nitrogen and oxygen atoms in total. The Labute approximate surface area is 67.8 Å². The lowest BCUT2D eigenvalue weighted by Crippen LogP contribution is -2.16. The molecule has 0 aliphatic carbocycles. The summed E-state index contributed by atoms with van der Waals surface area (Å²) in [5, 5.41) is 17.0. The van der Waals surface area contributed by atoms with Gasteiger partial charge in [0.25, 0.3) is 0 Å². The first-order chi connectivity index (χ1) is 5.09. The van der Waals surface area contributed by atoms with Crippen molar-refractivity contribution >= 4 is 22.7 Å². The van der Waals surface area contributed by atoms with Crippen LogP contribution in [0.1, 0.15) is 6.42 Å². The van der Waals surface area contributed by atoms with Crippen LogP contribution in [0.2, 0.25) is 0 Å². The SMILES string of the molecule is O=C(Cl)C1C=C(O)N=C(O)C1. The summed E-state index contributed by atoms with van der Waals surface area (Å²) < 4.78 is 0. The zero-order valence-corrected chi connectivity index (χ0v) is 6.25. The lowest BCUT2D eigenvalue weighted by Gasteiger charge is -2.10. The molecule has 0 saturated heterocycles. The molecule has 0 amide bonds. The predicted octanol–water partition coefficient (Wildman–Crippen LogP) is 1.13. The minimum absolute atomic E-state index is 0.0619. The topological polar surface area (TPSA) is 69.9 Å². The van der Waals surface area contributed by atoms with Crippen molar-refractivity contribution in [1.29, 1.82) is 0 Å². The Kier molecular flexibility index (Phi) is 2.14. The number of hydrogen-bond donors (Lipinski definition) is 2. The van der Waals surface area contributed by atoms with Crippen molar-refractivity contribution < 1.29 is 15.0 Å². The van der Waals surface area contributed by atoms with Gasteiger partial charge < -0.3 is 10.2 Å². The van der Waals surface area contributed by atoms with Crippen molar-refractivity contribution in [2.45, 2.75) is 6.42 Å². The summed E-state index contributed by atoms with van der Waals surface area (Å²) in [4.78, 5) is 13.8. The number of aliphatic imine (C=N–C) groups is 1. The van der Waals surface area contributed by atoms with Crippen molar-refractivity contribution in [2.24, 2.45) is 10.9 Å². The van der Waals surface area contributed by atoms with Gasteiger partial charge in [-0.2, -0.15) is 4.99 Å². The van der Waals surface area contributed by atoms with Crippen molar-refractivity contribution in [2.75, 3.05) is 0 Å². The van der Waals surface area contributed by atoms with E-state index in [4.69, 9.17) is 21.8 Å². The van der Waals surface area contributed by atoms with E-state index in [0.717, 1.165) is 0 Å². The highest BCUT2D eigenvalue weighted by molar-refractivity contribution is 6.64. The highest BCUT2D eigenvalue weighted by Crippen LogP contribution is 2.17. The molecule has 0 aromatic heterocycles. The van der Waals surface area contributed by atoms with Crippen LogP contribution in [0, 0.1) is 5.92 Å². The molecule has 0 radical (unpaired) electrons. The van der Waals surface area contributed by atoms with E-state index in [2.05, 4.69) is 4.99 Å². The lowest BCUT2D eigenvalue weighted by molar-refractivity contribution is -0.113. The summed E-state index contributed by atoms with van der Waals surface area (Å²) in [7, 11) is 0. The van der Waals surface area contributed by atoms with E-state index < -0.39 is 11.2 Å². The molecule has 0 aromatic carbocycles. The van der Waals surface area contributed by atoms with Crippen LogP contribution in [0.15, 0.2) is 17.0 Å². The minimum atomic E-state index is -0.658. The fourth-order valence-corrected chi connectivity index (χ4v) is 0.937. The predicted molar refractivity (Wildman–Crippen MR) is 39.7 cm³/mol. The molecule has 1 unspecified atom stereocenters. The van der Waals surface area contributed by atoms with E-state index in [9.17, 15) is 4.79 Å². The zero-order valence-electron chi connectivity index (χ0n) is 5.49. The Hall–Kier alpha value is -1.03. The second-order valence-electron chi connectivity index (χ2n) is 2.17. The summed E-state index contributed by atoms with van der Waals surface area (Å²) in [6.07, 6.45) is 1.27. The molecule has 2 N–H and O–H groups in total. The summed E-state index contributed by atoms with van der Waals surface area (Å²) >= 11 is 5.13. The van der Waals surface area contributed by atoms with Gasteiger partial charge in [0.05, 0.1) is 5.92 Å². The molecular weight excluding hydrogens is 170 g/mol. The van der Waals surface area contributed by atoms with E-state index in [-0.39, 0.29) is 18.2 Å². The van der Waals surface area contributed by atoms with E-state index in [1.165, 1.54) is 6.08 Å². The summed E-state index contributed by atoms with van der Waals surface area (Å²) in [5.41, 5.74) is 0. The van der Waals surface area contributed by atoms with E-state index in [1.54, 1.807) is 0 Å². The second-order valence-corrected chi connectivity index (χ2v) is 2.54. The van der Waals surface area contributed by atoms with E-state index in [0.29, 0.717) is 0 Å². The monoisotopic (exact) mass is 175 g/mol. The molecule has 1 aliphatic heterocycles. The number of carbonyl (C=O) groups excluding carboxylic acids is 1. The van der Waals surface area contributed by atoms with Gasteiger partial charge in [0, 0.05) is 6.42 Å². The minimum Gasteiger partial charge on any atom is -0.496 e. The van der Waals surface area contributed by atoms with Gasteiger partial charge in [-0.15, -0.1) is 0 Å². The second kappa shape index (κ2) is 2.92. The Balaban J connectivity index is 2.79. The first kappa shape index (κ1) is 8.07. The standard InChI is InChI=1S/C6H6ClNO3/c7-6(11)3-1-4(9)8-5(10)2-3/h1,3,9H,2H2,(H,8,10). The van der Waals surface area contributed by atoms with Crippen LogP contribution < -0.4 is 0 Å². The molecule has 11 heavy (non-hydrogen) atoms. The number of rotatable bonds is 1.